The molecule has 0 fully saturated rings. The van der Waals surface area contributed by atoms with Gasteiger partial charge in [-0.15, -0.1) is 0 Å². The average molecular weight is 170 g/mol. The number of rotatable bonds is 7. The third-order valence-electron chi connectivity index (χ3n) is 2.00. The van der Waals surface area contributed by atoms with E-state index in [4.69, 9.17) is 5.11 Å². The van der Waals surface area contributed by atoms with E-state index in [2.05, 4.69) is 26.0 Å². The molecule has 0 spiro atoms. The third-order valence-corrected chi connectivity index (χ3v) is 2.00. The molecule has 0 rings (SSSR count). The van der Waals surface area contributed by atoms with Crippen LogP contribution in [0.1, 0.15) is 46.0 Å². The summed E-state index contributed by atoms with van der Waals surface area (Å²) in [4.78, 5) is 0. The zero-order valence-electron chi connectivity index (χ0n) is 8.42. The largest absolute Gasteiger partial charge is 0.396 e. The van der Waals surface area contributed by atoms with Crippen LogP contribution in [0, 0.1) is 5.92 Å². The summed E-state index contributed by atoms with van der Waals surface area (Å²) in [7, 11) is 0. The van der Waals surface area contributed by atoms with Crippen LogP contribution in [-0.4, -0.2) is 11.7 Å². The van der Waals surface area contributed by atoms with E-state index in [0.29, 0.717) is 12.5 Å². The molecule has 1 heteroatoms. The van der Waals surface area contributed by atoms with Crippen molar-refractivity contribution in [2.45, 2.75) is 46.0 Å². The number of unbranched alkanes of at least 4 members (excludes halogenated alkanes) is 2. The minimum absolute atomic E-state index is 0.332. The van der Waals surface area contributed by atoms with Crippen LogP contribution in [0.4, 0.5) is 0 Å². The first kappa shape index (κ1) is 11.7. The predicted molar refractivity (Wildman–Crippen MR) is 54.1 cm³/mol. The normalized spacial score (nSPS) is 13.9. The monoisotopic (exact) mass is 170 g/mol. The highest BCUT2D eigenvalue weighted by atomic mass is 16.3. The summed E-state index contributed by atoms with van der Waals surface area (Å²) in [5, 5.41) is 8.76. The molecule has 0 aliphatic rings. The highest BCUT2D eigenvalue weighted by Crippen LogP contribution is 2.07. The lowest BCUT2D eigenvalue weighted by Gasteiger charge is -2.04. The first-order valence-corrected chi connectivity index (χ1v) is 5.07. The Kier molecular flexibility index (Phi) is 8.57. The number of hydrogen-bond donors (Lipinski definition) is 1. The minimum Gasteiger partial charge on any atom is -0.396 e. The van der Waals surface area contributed by atoms with E-state index in [1.807, 2.05) is 0 Å². The van der Waals surface area contributed by atoms with Crippen molar-refractivity contribution in [1.82, 2.24) is 0 Å². The molecule has 0 aliphatic heterocycles. The van der Waals surface area contributed by atoms with E-state index < -0.39 is 0 Å². The van der Waals surface area contributed by atoms with Gasteiger partial charge in [0.25, 0.3) is 0 Å². The summed E-state index contributed by atoms with van der Waals surface area (Å²) in [5.41, 5.74) is 0. The van der Waals surface area contributed by atoms with Gasteiger partial charge in [-0.2, -0.15) is 0 Å². The number of allylic oxidation sites excluding steroid dienone is 2. The van der Waals surface area contributed by atoms with Crippen molar-refractivity contribution in [2.24, 2.45) is 5.92 Å². The van der Waals surface area contributed by atoms with Crippen molar-refractivity contribution < 1.29 is 5.11 Å². The Balaban J connectivity index is 3.09. The second kappa shape index (κ2) is 8.79. The molecule has 0 aromatic carbocycles. The zero-order chi connectivity index (χ0) is 9.23. The van der Waals surface area contributed by atoms with Crippen LogP contribution in [0.5, 0.6) is 0 Å². The van der Waals surface area contributed by atoms with Gasteiger partial charge in [0.05, 0.1) is 0 Å². The van der Waals surface area contributed by atoms with E-state index in [-0.39, 0.29) is 0 Å². The summed E-state index contributed by atoms with van der Waals surface area (Å²) in [6.07, 6.45) is 10.5. The summed E-state index contributed by atoms with van der Waals surface area (Å²) >= 11 is 0. The summed E-state index contributed by atoms with van der Waals surface area (Å²) in [6, 6.07) is 0. The van der Waals surface area contributed by atoms with Gasteiger partial charge in [0, 0.05) is 6.61 Å². The number of aliphatic hydroxyl groups is 1. The maximum atomic E-state index is 8.76. The Morgan fingerprint density at radius 2 is 1.92 bits per heavy atom. The quantitative estimate of drug-likeness (QED) is 0.459. The van der Waals surface area contributed by atoms with Crippen LogP contribution in [0.3, 0.4) is 0 Å². The van der Waals surface area contributed by atoms with Crippen molar-refractivity contribution in [2.75, 3.05) is 6.61 Å². The predicted octanol–water partition coefficient (Wildman–Crippen LogP) is 3.14. The maximum Gasteiger partial charge on any atom is 0.0456 e. The van der Waals surface area contributed by atoms with E-state index in [1.54, 1.807) is 0 Å². The van der Waals surface area contributed by atoms with Crippen molar-refractivity contribution >= 4 is 0 Å². The Bertz CT molecular complexity index is 108. The first-order chi connectivity index (χ1) is 5.81. The van der Waals surface area contributed by atoms with Crippen LogP contribution in [-0.2, 0) is 0 Å². The second-order valence-electron chi connectivity index (χ2n) is 3.48. The molecule has 1 N–H and O–H groups in total. The van der Waals surface area contributed by atoms with Gasteiger partial charge in [0.2, 0.25) is 0 Å². The van der Waals surface area contributed by atoms with Gasteiger partial charge in [-0.25, -0.2) is 0 Å². The Morgan fingerprint density at radius 3 is 2.50 bits per heavy atom. The van der Waals surface area contributed by atoms with E-state index in [0.717, 1.165) is 6.42 Å². The van der Waals surface area contributed by atoms with E-state index in [1.165, 1.54) is 25.7 Å². The minimum atomic E-state index is 0.332. The molecule has 0 amide bonds. The summed E-state index contributed by atoms with van der Waals surface area (Å²) in [6.45, 7) is 4.62. The molecule has 0 heterocycles. The topological polar surface area (TPSA) is 20.2 Å². The lowest BCUT2D eigenvalue weighted by Crippen LogP contribution is -1.99. The van der Waals surface area contributed by atoms with Crippen molar-refractivity contribution in [3.8, 4) is 0 Å². The Labute approximate surface area is 76.5 Å². The van der Waals surface area contributed by atoms with Crippen molar-refractivity contribution in [3.63, 3.8) is 0 Å². The van der Waals surface area contributed by atoms with Gasteiger partial charge in [0.15, 0.2) is 0 Å². The molecule has 0 aromatic heterocycles. The van der Waals surface area contributed by atoms with Crippen molar-refractivity contribution in [1.29, 1.82) is 0 Å². The van der Waals surface area contributed by atoms with Gasteiger partial charge in [-0.3, -0.25) is 0 Å². The van der Waals surface area contributed by atoms with Gasteiger partial charge in [0.1, 0.15) is 0 Å². The highest BCUT2D eigenvalue weighted by Gasteiger charge is 1.96. The molecule has 1 nitrogen and oxygen atoms in total. The number of hydrogen-bond acceptors (Lipinski definition) is 1. The smallest absolute Gasteiger partial charge is 0.0456 e. The van der Waals surface area contributed by atoms with Gasteiger partial charge in [-0.05, 0) is 31.6 Å². The van der Waals surface area contributed by atoms with E-state index in [9.17, 15) is 0 Å². The lowest BCUT2D eigenvalue weighted by molar-refractivity contribution is 0.228. The highest BCUT2D eigenvalue weighted by molar-refractivity contribution is 4.80. The van der Waals surface area contributed by atoms with Crippen molar-refractivity contribution in [3.05, 3.63) is 12.2 Å². The van der Waals surface area contributed by atoms with Crippen LogP contribution >= 0.6 is 0 Å². The zero-order valence-corrected chi connectivity index (χ0v) is 8.42. The second-order valence-corrected chi connectivity index (χ2v) is 3.48. The molecule has 12 heavy (non-hydrogen) atoms. The first-order valence-electron chi connectivity index (χ1n) is 5.07. The van der Waals surface area contributed by atoms with Crippen LogP contribution in [0.25, 0.3) is 0 Å². The fourth-order valence-electron chi connectivity index (χ4n) is 1.08. The number of aliphatic hydroxyl groups excluding tert-OH is 1. The molecule has 0 aliphatic carbocycles. The van der Waals surface area contributed by atoms with Gasteiger partial charge < -0.3 is 5.11 Å². The van der Waals surface area contributed by atoms with Gasteiger partial charge in [-0.1, -0.05) is 32.4 Å². The van der Waals surface area contributed by atoms with Gasteiger partial charge >= 0.3 is 0 Å². The SMILES string of the molecule is CCCC=CCCCC(C)CO. The third kappa shape index (κ3) is 7.80. The molecule has 1 atom stereocenters. The molecular formula is C11H22O. The fraction of sp³-hybridized carbons (Fsp3) is 0.818. The molecule has 72 valence electrons. The molecule has 0 radical (unpaired) electrons. The summed E-state index contributed by atoms with van der Waals surface area (Å²) in [5.74, 6) is 0.476. The molecule has 0 saturated carbocycles. The lowest BCUT2D eigenvalue weighted by atomic mass is 10.1. The summed E-state index contributed by atoms with van der Waals surface area (Å²) < 4.78 is 0. The molecule has 0 bridgehead atoms. The van der Waals surface area contributed by atoms with Crippen LogP contribution < -0.4 is 0 Å². The molecule has 0 saturated heterocycles. The maximum absolute atomic E-state index is 8.76. The average Bonchev–Trinajstić information content (AvgIpc) is 2.10. The fourth-order valence-corrected chi connectivity index (χ4v) is 1.08. The Hall–Kier alpha value is -0.300. The van der Waals surface area contributed by atoms with E-state index >= 15 is 0 Å². The van der Waals surface area contributed by atoms with Crippen LogP contribution in [0.2, 0.25) is 0 Å². The standard InChI is InChI=1S/C11H22O/c1-3-4-5-6-7-8-9-11(2)10-12/h5-6,11-12H,3-4,7-10H2,1-2H3. The molecule has 0 aromatic rings. The molecule has 1 unspecified atom stereocenters. The Morgan fingerprint density at radius 1 is 1.25 bits per heavy atom. The molecular weight excluding hydrogens is 148 g/mol. The van der Waals surface area contributed by atoms with Crippen LogP contribution in [0.15, 0.2) is 12.2 Å².